The number of amidine groups is 1. The maximum atomic E-state index is 9.97. The molecule has 0 amide bonds. The van der Waals surface area contributed by atoms with E-state index in [0.29, 0.717) is 18.7 Å². The number of aliphatic hydroxyl groups is 1. The summed E-state index contributed by atoms with van der Waals surface area (Å²) < 4.78 is 0.895. The molecule has 0 radical (unpaired) electrons. The summed E-state index contributed by atoms with van der Waals surface area (Å²) in [5.41, 5.74) is 6.31. The van der Waals surface area contributed by atoms with Crippen molar-refractivity contribution in [2.75, 3.05) is 18.0 Å². The van der Waals surface area contributed by atoms with Crippen LogP contribution in [0.15, 0.2) is 27.8 Å². The van der Waals surface area contributed by atoms with Crippen LogP contribution in [0.2, 0.25) is 0 Å². The summed E-state index contributed by atoms with van der Waals surface area (Å²) in [6.45, 7) is 6.63. The van der Waals surface area contributed by atoms with Gasteiger partial charge in [-0.05, 0) is 39.0 Å². The van der Waals surface area contributed by atoms with Gasteiger partial charge in [0.05, 0.1) is 5.60 Å². The van der Waals surface area contributed by atoms with Gasteiger partial charge in [0, 0.05) is 28.8 Å². The average molecular weight is 330 g/mol. The first kappa shape index (κ1) is 15.8. The Bertz CT molecular complexity index is 469. The number of rotatable bonds is 5. The number of halogens is 1. The molecular formula is C13H20BrN3O2. The maximum Gasteiger partial charge on any atom is 0.172 e. The summed E-state index contributed by atoms with van der Waals surface area (Å²) in [4.78, 5) is 1.98. The Morgan fingerprint density at radius 2 is 2.11 bits per heavy atom. The molecule has 1 aromatic carbocycles. The van der Waals surface area contributed by atoms with E-state index in [1.807, 2.05) is 24.0 Å². The zero-order valence-electron chi connectivity index (χ0n) is 11.4. The molecule has 4 N–H and O–H groups in total. The van der Waals surface area contributed by atoms with Gasteiger partial charge in [0.2, 0.25) is 0 Å². The Morgan fingerprint density at radius 1 is 1.47 bits per heavy atom. The van der Waals surface area contributed by atoms with Crippen LogP contribution in [-0.4, -0.2) is 34.8 Å². The van der Waals surface area contributed by atoms with Crippen LogP contribution in [0.3, 0.4) is 0 Å². The molecule has 0 saturated carbocycles. The predicted octanol–water partition coefficient (Wildman–Crippen LogP) is 2.14. The van der Waals surface area contributed by atoms with E-state index in [1.165, 1.54) is 0 Å². The molecule has 0 aliphatic heterocycles. The molecule has 0 aliphatic rings. The molecule has 0 heterocycles. The third kappa shape index (κ3) is 4.40. The van der Waals surface area contributed by atoms with Crippen LogP contribution in [0.4, 0.5) is 5.69 Å². The number of hydrogen-bond acceptors (Lipinski definition) is 4. The Balaban J connectivity index is 3.25. The number of benzene rings is 1. The molecule has 0 unspecified atom stereocenters. The summed E-state index contributed by atoms with van der Waals surface area (Å²) in [6.07, 6.45) is 0. The van der Waals surface area contributed by atoms with Crippen LogP contribution >= 0.6 is 15.9 Å². The molecule has 6 heteroatoms. The highest BCUT2D eigenvalue weighted by Gasteiger charge is 2.20. The van der Waals surface area contributed by atoms with Crippen molar-refractivity contribution in [3.63, 3.8) is 0 Å². The lowest BCUT2D eigenvalue weighted by molar-refractivity contribution is 0.0876. The lowest BCUT2D eigenvalue weighted by Crippen LogP contribution is -2.39. The molecule has 0 atom stereocenters. The minimum Gasteiger partial charge on any atom is -0.409 e. The molecule has 1 aromatic rings. The van der Waals surface area contributed by atoms with Crippen molar-refractivity contribution in [2.24, 2.45) is 10.9 Å². The lowest BCUT2D eigenvalue weighted by Gasteiger charge is -2.31. The number of anilines is 1. The van der Waals surface area contributed by atoms with E-state index in [2.05, 4.69) is 21.1 Å². The summed E-state index contributed by atoms with van der Waals surface area (Å²) in [5.74, 6) is 0.0525. The van der Waals surface area contributed by atoms with E-state index >= 15 is 0 Å². The Morgan fingerprint density at radius 3 is 2.58 bits per heavy atom. The predicted molar refractivity (Wildman–Crippen MR) is 80.8 cm³/mol. The number of nitrogens with two attached hydrogens (primary N) is 1. The topological polar surface area (TPSA) is 82.1 Å². The smallest absolute Gasteiger partial charge is 0.172 e. The molecule has 106 valence electrons. The fourth-order valence-electron chi connectivity index (χ4n) is 1.87. The van der Waals surface area contributed by atoms with E-state index in [-0.39, 0.29) is 5.84 Å². The van der Waals surface area contributed by atoms with Gasteiger partial charge >= 0.3 is 0 Å². The van der Waals surface area contributed by atoms with Crippen molar-refractivity contribution in [1.82, 2.24) is 0 Å². The summed E-state index contributed by atoms with van der Waals surface area (Å²) in [7, 11) is 0. The van der Waals surface area contributed by atoms with Gasteiger partial charge in [0.1, 0.15) is 0 Å². The second-order valence-electron chi connectivity index (χ2n) is 4.97. The number of nitrogens with zero attached hydrogens (tertiary/aromatic N) is 2. The summed E-state index contributed by atoms with van der Waals surface area (Å²) in [5, 5.41) is 21.9. The largest absolute Gasteiger partial charge is 0.409 e. The highest BCUT2D eigenvalue weighted by Crippen LogP contribution is 2.26. The van der Waals surface area contributed by atoms with Crippen LogP contribution in [0, 0.1) is 0 Å². The zero-order chi connectivity index (χ0) is 14.6. The van der Waals surface area contributed by atoms with Gasteiger partial charge < -0.3 is 20.9 Å². The number of oxime groups is 1. The van der Waals surface area contributed by atoms with Crippen molar-refractivity contribution in [2.45, 2.75) is 26.4 Å². The van der Waals surface area contributed by atoms with Gasteiger partial charge in [-0.1, -0.05) is 21.1 Å². The number of hydrogen-bond donors (Lipinski definition) is 3. The third-order valence-electron chi connectivity index (χ3n) is 2.64. The Kier molecular flexibility index (Phi) is 5.20. The standard InChI is InChI=1S/C13H20BrN3O2/c1-4-17(8-13(2,3)18)11-7-9(14)5-6-10(11)12(15)16-19/h5-7,18-19H,4,8H2,1-3H3,(H2,15,16). The van der Waals surface area contributed by atoms with Crippen LogP contribution < -0.4 is 10.6 Å². The molecule has 0 aliphatic carbocycles. The Labute approximate surface area is 121 Å². The molecule has 0 spiro atoms. The highest BCUT2D eigenvalue weighted by molar-refractivity contribution is 9.10. The van der Waals surface area contributed by atoms with Gasteiger partial charge in [0.25, 0.3) is 0 Å². The fourth-order valence-corrected chi connectivity index (χ4v) is 2.22. The average Bonchev–Trinajstić information content (AvgIpc) is 2.33. The van der Waals surface area contributed by atoms with Crippen LogP contribution in [0.5, 0.6) is 0 Å². The minimum atomic E-state index is -0.833. The maximum absolute atomic E-state index is 9.97. The first-order valence-corrected chi connectivity index (χ1v) is 6.82. The van der Waals surface area contributed by atoms with Crippen molar-refractivity contribution in [1.29, 1.82) is 0 Å². The molecule has 1 rings (SSSR count). The SMILES string of the molecule is CCN(CC(C)(C)O)c1cc(Br)ccc1/C(N)=N/O. The Hall–Kier alpha value is -1.27. The third-order valence-corrected chi connectivity index (χ3v) is 3.14. The second-order valence-corrected chi connectivity index (χ2v) is 5.89. The quantitative estimate of drug-likeness (QED) is 0.334. The normalized spacial score (nSPS) is 12.6. The first-order chi connectivity index (χ1) is 8.78. The van der Waals surface area contributed by atoms with E-state index in [1.54, 1.807) is 19.9 Å². The van der Waals surface area contributed by atoms with Crippen molar-refractivity contribution >= 4 is 27.5 Å². The van der Waals surface area contributed by atoms with Crippen LogP contribution in [0.1, 0.15) is 26.3 Å². The van der Waals surface area contributed by atoms with Gasteiger partial charge in [-0.25, -0.2) is 0 Å². The van der Waals surface area contributed by atoms with Gasteiger partial charge in [-0.15, -0.1) is 0 Å². The second kappa shape index (κ2) is 6.25. The van der Waals surface area contributed by atoms with E-state index in [9.17, 15) is 5.11 Å². The first-order valence-electron chi connectivity index (χ1n) is 6.03. The molecular weight excluding hydrogens is 310 g/mol. The van der Waals surface area contributed by atoms with Crippen LogP contribution in [-0.2, 0) is 0 Å². The molecule has 5 nitrogen and oxygen atoms in total. The zero-order valence-corrected chi connectivity index (χ0v) is 13.0. The summed E-state index contributed by atoms with van der Waals surface area (Å²) >= 11 is 3.41. The lowest BCUT2D eigenvalue weighted by atomic mass is 10.1. The van der Waals surface area contributed by atoms with E-state index in [0.717, 1.165) is 10.2 Å². The van der Waals surface area contributed by atoms with Crippen LogP contribution in [0.25, 0.3) is 0 Å². The van der Waals surface area contributed by atoms with E-state index in [4.69, 9.17) is 10.9 Å². The monoisotopic (exact) mass is 329 g/mol. The van der Waals surface area contributed by atoms with Gasteiger partial charge in [-0.3, -0.25) is 0 Å². The molecule has 0 saturated heterocycles. The minimum absolute atomic E-state index is 0.0525. The summed E-state index contributed by atoms with van der Waals surface area (Å²) in [6, 6.07) is 5.50. The van der Waals surface area contributed by atoms with Gasteiger partial charge in [-0.2, -0.15) is 0 Å². The van der Waals surface area contributed by atoms with E-state index < -0.39 is 5.60 Å². The number of likely N-dealkylation sites (N-methyl/N-ethyl adjacent to an activating group) is 1. The molecule has 0 aromatic heterocycles. The van der Waals surface area contributed by atoms with Gasteiger partial charge in [0.15, 0.2) is 5.84 Å². The molecule has 0 fully saturated rings. The molecule has 0 bridgehead atoms. The fraction of sp³-hybridized carbons (Fsp3) is 0.462. The van der Waals surface area contributed by atoms with Crippen molar-refractivity contribution in [3.8, 4) is 0 Å². The van der Waals surface area contributed by atoms with Crippen molar-refractivity contribution < 1.29 is 10.3 Å². The van der Waals surface area contributed by atoms with Crippen molar-refractivity contribution in [3.05, 3.63) is 28.2 Å². The highest BCUT2D eigenvalue weighted by atomic mass is 79.9. The molecule has 19 heavy (non-hydrogen) atoms.